The number of nitrogens with zero attached hydrogens (tertiary/aromatic N) is 5. The highest BCUT2D eigenvalue weighted by atomic mass is 16.5. The third-order valence-corrected chi connectivity index (χ3v) is 12.8. The fourth-order valence-electron chi connectivity index (χ4n) is 9.51. The highest BCUT2D eigenvalue weighted by Gasteiger charge is 2.45. The van der Waals surface area contributed by atoms with Crippen LogP contribution in [0.5, 0.6) is 11.5 Å². The second kappa shape index (κ2) is 17.3. The van der Waals surface area contributed by atoms with Gasteiger partial charge in [0.15, 0.2) is 5.82 Å². The van der Waals surface area contributed by atoms with Crippen molar-refractivity contribution in [3.8, 4) is 90.4 Å². The minimum atomic E-state index is -0.692. The minimum absolute atomic E-state index is 0.688. The van der Waals surface area contributed by atoms with E-state index in [-0.39, 0.29) is 0 Å². The van der Waals surface area contributed by atoms with Crippen LogP contribution >= 0.6 is 0 Å². The SMILES string of the molecule is c1ccc(-c2cc(-c3ccc(-c4ccc5c(c4)Oc4cc(-c6cc(-c7ccccn7)nc(-c7ccccn7)c6)ccc4C5(c4ccccc4)c4ccccc4)cc3)nc(-c3ccccc3)n2)cc1. The number of hydrogen-bond donors (Lipinski definition) is 0. The average Bonchev–Trinajstić information content (AvgIpc) is 3.43. The molecule has 5 heterocycles. The molecule has 0 saturated heterocycles. The molecular weight excluding hydrogens is 831 g/mol. The molecule has 0 aliphatic carbocycles. The summed E-state index contributed by atoms with van der Waals surface area (Å²) in [7, 11) is 0. The Labute approximate surface area is 395 Å². The highest BCUT2D eigenvalue weighted by molar-refractivity contribution is 5.80. The van der Waals surface area contributed by atoms with Crippen LogP contribution in [0.15, 0.2) is 249 Å². The molecule has 11 aromatic rings. The Kier molecular flexibility index (Phi) is 10.3. The van der Waals surface area contributed by atoms with Gasteiger partial charge in [-0.2, -0.15) is 0 Å². The molecule has 6 nitrogen and oxygen atoms in total. The summed E-state index contributed by atoms with van der Waals surface area (Å²) in [6, 6.07) is 82.0. The first-order valence-corrected chi connectivity index (χ1v) is 22.7. The fraction of sp³-hybridized carbons (Fsp3) is 0.0161. The Bertz CT molecular complexity index is 3400. The Morgan fingerprint density at radius 2 is 0.706 bits per heavy atom. The van der Waals surface area contributed by atoms with Gasteiger partial charge in [-0.1, -0.05) is 182 Å². The lowest BCUT2D eigenvalue weighted by Gasteiger charge is -2.41. The number of ether oxygens (including phenoxy) is 1. The quantitative estimate of drug-likeness (QED) is 0.144. The van der Waals surface area contributed by atoms with E-state index in [9.17, 15) is 0 Å². The standard InChI is InChI=1S/C62H41N5O/c1-5-17-43(18-6-1)55-41-56(67-61(66-55)45-19-7-2-8-20-45)44-29-27-42(28-30-44)46-31-33-51-59(39-46)68-60-40-47(32-34-52(60)62(51,49-21-9-3-10-22-49)50-23-11-4-12-24-50)48-37-57(53-25-13-15-35-63-53)65-58(38-48)54-26-14-16-36-64-54/h1-41H. The van der Waals surface area contributed by atoms with Gasteiger partial charge < -0.3 is 4.74 Å². The van der Waals surface area contributed by atoms with Crippen LogP contribution in [-0.2, 0) is 5.41 Å². The van der Waals surface area contributed by atoms with E-state index in [2.05, 4.69) is 174 Å². The lowest BCUT2D eigenvalue weighted by molar-refractivity contribution is 0.435. The maximum Gasteiger partial charge on any atom is 0.160 e. The molecule has 1 aliphatic heterocycles. The van der Waals surface area contributed by atoms with Gasteiger partial charge in [0, 0.05) is 40.2 Å². The van der Waals surface area contributed by atoms with E-state index in [4.69, 9.17) is 19.7 Å². The molecule has 0 bridgehead atoms. The number of rotatable bonds is 9. The number of pyridine rings is 3. The molecule has 320 valence electrons. The molecule has 0 atom stereocenters. The summed E-state index contributed by atoms with van der Waals surface area (Å²) in [5, 5.41) is 0. The summed E-state index contributed by atoms with van der Waals surface area (Å²) >= 11 is 0. The largest absolute Gasteiger partial charge is 0.457 e. The predicted molar refractivity (Wildman–Crippen MR) is 272 cm³/mol. The summed E-state index contributed by atoms with van der Waals surface area (Å²) in [4.78, 5) is 24.5. The van der Waals surface area contributed by atoms with E-state index in [0.717, 1.165) is 107 Å². The molecule has 6 heteroatoms. The second-order valence-electron chi connectivity index (χ2n) is 16.8. The lowest BCUT2D eigenvalue weighted by Crippen LogP contribution is -2.34. The monoisotopic (exact) mass is 871 g/mol. The molecule has 0 radical (unpaired) electrons. The molecule has 12 rings (SSSR count). The van der Waals surface area contributed by atoms with Crippen molar-refractivity contribution in [2.24, 2.45) is 0 Å². The Hall–Kier alpha value is -9.13. The van der Waals surface area contributed by atoms with E-state index in [1.54, 1.807) is 12.4 Å². The van der Waals surface area contributed by atoms with Crippen LogP contribution in [0.4, 0.5) is 0 Å². The van der Waals surface area contributed by atoms with E-state index in [1.165, 1.54) is 0 Å². The third kappa shape index (κ3) is 7.40. The van der Waals surface area contributed by atoms with Crippen molar-refractivity contribution in [2.45, 2.75) is 5.41 Å². The van der Waals surface area contributed by atoms with Crippen molar-refractivity contribution in [3.63, 3.8) is 0 Å². The van der Waals surface area contributed by atoms with Gasteiger partial charge >= 0.3 is 0 Å². The van der Waals surface area contributed by atoms with Crippen molar-refractivity contribution < 1.29 is 4.74 Å². The van der Waals surface area contributed by atoms with Crippen LogP contribution in [0, 0.1) is 0 Å². The Morgan fingerprint density at radius 1 is 0.279 bits per heavy atom. The van der Waals surface area contributed by atoms with Crippen LogP contribution in [0.3, 0.4) is 0 Å². The zero-order valence-corrected chi connectivity index (χ0v) is 36.8. The van der Waals surface area contributed by atoms with E-state index < -0.39 is 5.41 Å². The number of benzene rings is 7. The highest BCUT2D eigenvalue weighted by Crippen LogP contribution is 2.56. The second-order valence-corrected chi connectivity index (χ2v) is 16.8. The molecule has 0 fully saturated rings. The van der Waals surface area contributed by atoms with Gasteiger partial charge in [0.25, 0.3) is 0 Å². The zero-order valence-electron chi connectivity index (χ0n) is 36.8. The van der Waals surface area contributed by atoms with E-state index in [1.807, 2.05) is 72.8 Å². The molecule has 0 amide bonds. The molecule has 0 unspecified atom stereocenters. The summed E-state index contributed by atoms with van der Waals surface area (Å²) in [5.41, 5.74) is 15.6. The number of fused-ring (bicyclic) bond motifs is 2. The van der Waals surface area contributed by atoms with Gasteiger partial charge in [-0.15, -0.1) is 0 Å². The van der Waals surface area contributed by atoms with Crippen LogP contribution < -0.4 is 4.74 Å². The normalized spacial score (nSPS) is 12.4. The zero-order chi connectivity index (χ0) is 45.3. The third-order valence-electron chi connectivity index (χ3n) is 12.8. The van der Waals surface area contributed by atoms with Gasteiger partial charge in [0.05, 0.1) is 39.6 Å². The van der Waals surface area contributed by atoms with Crippen LogP contribution in [-0.4, -0.2) is 24.9 Å². The molecule has 0 N–H and O–H groups in total. The van der Waals surface area contributed by atoms with Crippen molar-refractivity contribution >= 4 is 0 Å². The first-order valence-electron chi connectivity index (χ1n) is 22.7. The smallest absolute Gasteiger partial charge is 0.160 e. The summed E-state index contributed by atoms with van der Waals surface area (Å²) in [6.45, 7) is 0. The maximum absolute atomic E-state index is 7.18. The molecule has 0 spiro atoms. The van der Waals surface area contributed by atoms with Crippen molar-refractivity contribution in [1.29, 1.82) is 0 Å². The molecular formula is C62H41N5O. The molecule has 4 aromatic heterocycles. The van der Waals surface area contributed by atoms with Gasteiger partial charge in [-0.3, -0.25) is 9.97 Å². The van der Waals surface area contributed by atoms with Gasteiger partial charge in [-0.05, 0) is 88.0 Å². The minimum Gasteiger partial charge on any atom is -0.457 e. The van der Waals surface area contributed by atoms with Gasteiger partial charge in [0.2, 0.25) is 0 Å². The summed E-state index contributed by atoms with van der Waals surface area (Å²) in [5.74, 6) is 2.25. The predicted octanol–water partition coefficient (Wildman–Crippen LogP) is 14.8. The Balaban J connectivity index is 0.987. The van der Waals surface area contributed by atoms with Crippen molar-refractivity contribution in [3.05, 3.63) is 271 Å². The van der Waals surface area contributed by atoms with Crippen LogP contribution in [0.1, 0.15) is 22.3 Å². The average molecular weight is 872 g/mol. The first-order chi connectivity index (χ1) is 33.7. The first kappa shape index (κ1) is 40.4. The molecule has 1 aliphatic rings. The number of hydrogen-bond acceptors (Lipinski definition) is 6. The lowest BCUT2D eigenvalue weighted by atomic mass is 9.63. The number of aromatic nitrogens is 5. The summed E-state index contributed by atoms with van der Waals surface area (Å²) in [6.07, 6.45) is 3.59. The van der Waals surface area contributed by atoms with Crippen molar-refractivity contribution in [2.75, 3.05) is 0 Å². The van der Waals surface area contributed by atoms with Gasteiger partial charge in [0.1, 0.15) is 11.5 Å². The maximum atomic E-state index is 7.18. The van der Waals surface area contributed by atoms with Crippen molar-refractivity contribution in [1.82, 2.24) is 24.9 Å². The topological polar surface area (TPSA) is 73.7 Å². The fourth-order valence-corrected chi connectivity index (χ4v) is 9.51. The van der Waals surface area contributed by atoms with Crippen LogP contribution in [0.25, 0.3) is 78.9 Å². The summed E-state index contributed by atoms with van der Waals surface area (Å²) < 4.78 is 7.18. The van der Waals surface area contributed by atoms with Crippen LogP contribution in [0.2, 0.25) is 0 Å². The van der Waals surface area contributed by atoms with E-state index >= 15 is 0 Å². The van der Waals surface area contributed by atoms with Gasteiger partial charge in [-0.25, -0.2) is 15.0 Å². The van der Waals surface area contributed by atoms with E-state index in [0.29, 0.717) is 5.82 Å². The molecule has 7 aromatic carbocycles. The molecule has 0 saturated carbocycles. The Morgan fingerprint density at radius 3 is 1.21 bits per heavy atom. The molecule has 68 heavy (non-hydrogen) atoms.